The average Bonchev–Trinajstić information content (AvgIpc) is 3.12. The Labute approximate surface area is 157 Å². The van der Waals surface area contributed by atoms with E-state index in [0.29, 0.717) is 0 Å². The number of aromatic nitrogens is 4. The zero-order valence-electron chi connectivity index (χ0n) is 16.7. The van der Waals surface area contributed by atoms with E-state index in [-0.39, 0.29) is 0 Å². The van der Waals surface area contributed by atoms with Crippen molar-refractivity contribution in [2.75, 3.05) is 6.26 Å². The number of fused-ring (bicyclic) bond motifs is 1. The molecule has 0 spiro atoms. The molecule has 0 unspecified atom stereocenters. The second-order valence-corrected chi connectivity index (χ2v) is 7.75. The maximum Gasteiger partial charge on any atom is 0.233 e. The van der Waals surface area contributed by atoms with Crippen molar-refractivity contribution in [3.63, 3.8) is 0 Å². The van der Waals surface area contributed by atoms with Crippen LogP contribution in [0.15, 0.2) is 5.16 Å². The van der Waals surface area contributed by atoms with Gasteiger partial charge >= 0.3 is 0 Å². The zero-order valence-corrected chi connectivity index (χ0v) is 17.5. The van der Waals surface area contributed by atoms with Crippen LogP contribution in [0, 0.1) is 0 Å². The molecule has 2 rings (SSSR count). The van der Waals surface area contributed by atoms with Crippen LogP contribution in [0.4, 0.5) is 0 Å². The normalized spacial score (nSPS) is 11.7. The van der Waals surface area contributed by atoms with Crippen molar-refractivity contribution in [2.24, 2.45) is 0 Å². The fourth-order valence-electron chi connectivity index (χ4n) is 3.38. The highest BCUT2D eigenvalue weighted by atomic mass is 32.2. The molecule has 0 saturated heterocycles. The minimum atomic E-state index is 1.04. The summed E-state index contributed by atoms with van der Waals surface area (Å²) >= 11 is 1.74. The highest BCUT2D eigenvalue weighted by molar-refractivity contribution is 7.98. The second kappa shape index (κ2) is 10.9. The zero-order chi connectivity index (χ0) is 18.1. The number of hydrogen-bond acceptors (Lipinski definition) is 3. The van der Waals surface area contributed by atoms with E-state index in [1.54, 1.807) is 11.8 Å². The molecule has 0 aliphatic rings. The fourth-order valence-corrected chi connectivity index (χ4v) is 3.94. The highest BCUT2D eigenvalue weighted by Crippen LogP contribution is 2.23. The predicted molar refractivity (Wildman–Crippen MR) is 109 cm³/mol. The molecule has 0 saturated carbocycles. The van der Waals surface area contributed by atoms with Gasteiger partial charge in [0.15, 0.2) is 5.16 Å². The largest absolute Gasteiger partial charge is 0.288 e. The summed E-state index contributed by atoms with van der Waals surface area (Å²) in [4.78, 5) is 5.06. The van der Waals surface area contributed by atoms with Gasteiger partial charge in [0.25, 0.3) is 0 Å². The summed E-state index contributed by atoms with van der Waals surface area (Å²) in [6, 6.07) is 0. The van der Waals surface area contributed by atoms with Gasteiger partial charge in [-0.05, 0) is 38.4 Å². The van der Waals surface area contributed by atoms with Gasteiger partial charge in [-0.2, -0.15) is 4.52 Å². The first-order chi connectivity index (χ1) is 12.3. The number of hydrogen-bond donors (Lipinski definition) is 0. The van der Waals surface area contributed by atoms with Gasteiger partial charge in [-0.1, -0.05) is 71.1 Å². The van der Waals surface area contributed by atoms with Crippen molar-refractivity contribution in [3.8, 4) is 0 Å². The Kier molecular flexibility index (Phi) is 8.87. The van der Waals surface area contributed by atoms with Crippen LogP contribution in [0.3, 0.4) is 0 Å². The first kappa shape index (κ1) is 20.3. The number of nitrogens with zero attached hydrogens (tertiary/aromatic N) is 4. The molecule has 0 atom stereocenters. The smallest absolute Gasteiger partial charge is 0.233 e. The number of imidazole rings is 1. The topological polar surface area (TPSA) is 35.1 Å². The monoisotopic (exact) mass is 364 g/mol. The van der Waals surface area contributed by atoms with Gasteiger partial charge in [-0.15, -0.1) is 5.10 Å². The van der Waals surface area contributed by atoms with Gasteiger partial charge in [0.1, 0.15) is 0 Å². The van der Waals surface area contributed by atoms with E-state index in [9.17, 15) is 0 Å². The van der Waals surface area contributed by atoms with E-state index in [0.717, 1.165) is 30.3 Å². The molecule has 2 heterocycles. The van der Waals surface area contributed by atoms with Gasteiger partial charge in [0, 0.05) is 6.54 Å². The number of unbranched alkanes of at least 4 members (excludes halogenated alkanes) is 6. The molecule has 142 valence electrons. The molecular formula is C20H36N4S. The standard InChI is InChI=1S/C20H36N4S/c1-5-8-11-14-17-18(15-12-9-6-2)24-19(21-17)23(16-13-10-7-3)20(22-24)25-4/h5-16H2,1-4H3. The van der Waals surface area contributed by atoms with Crippen LogP contribution in [-0.4, -0.2) is 25.4 Å². The Balaban J connectivity index is 2.31. The lowest BCUT2D eigenvalue weighted by molar-refractivity contribution is 0.574. The van der Waals surface area contributed by atoms with E-state index >= 15 is 0 Å². The molecule has 0 fully saturated rings. The van der Waals surface area contributed by atoms with E-state index < -0.39 is 0 Å². The van der Waals surface area contributed by atoms with Crippen molar-refractivity contribution < 1.29 is 0 Å². The van der Waals surface area contributed by atoms with Crippen molar-refractivity contribution in [3.05, 3.63) is 11.4 Å². The summed E-state index contributed by atoms with van der Waals surface area (Å²) in [5.74, 6) is 1.07. The Bertz CT molecular complexity index is 629. The third-order valence-corrected chi connectivity index (χ3v) is 5.54. The minimum Gasteiger partial charge on any atom is -0.288 e. The maximum absolute atomic E-state index is 5.06. The average molecular weight is 365 g/mol. The van der Waals surface area contributed by atoms with Crippen LogP contribution in [0.2, 0.25) is 0 Å². The van der Waals surface area contributed by atoms with E-state index in [1.165, 1.54) is 69.2 Å². The van der Waals surface area contributed by atoms with Crippen LogP contribution in [0.25, 0.3) is 5.78 Å². The minimum absolute atomic E-state index is 1.04. The van der Waals surface area contributed by atoms with E-state index in [4.69, 9.17) is 10.1 Å². The second-order valence-electron chi connectivity index (χ2n) is 6.98. The van der Waals surface area contributed by atoms with Gasteiger partial charge in [0.2, 0.25) is 5.78 Å². The molecule has 0 aromatic carbocycles. The lowest BCUT2D eigenvalue weighted by Crippen LogP contribution is -2.01. The van der Waals surface area contributed by atoms with Gasteiger partial charge in [-0.25, -0.2) is 4.98 Å². The SMILES string of the molecule is CCCCCc1nc2n(CCCCC)c(SC)nn2c1CCCCC. The molecule has 0 aliphatic carbocycles. The molecule has 2 aromatic rings. The molecule has 5 heteroatoms. The van der Waals surface area contributed by atoms with Crippen LogP contribution in [0.1, 0.15) is 89.9 Å². The maximum atomic E-state index is 5.06. The Morgan fingerprint density at radius 3 is 2.12 bits per heavy atom. The molecule has 0 amide bonds. The van der Waals surface area contributed by atoms with Crippen molar-refractivity contribution >= 4 is 17.5 Å². The molecule has 0 aliphatic heterocycles. The van der Waals surface area contributed by atoms with Crippen LogP contribution in [0.5, 0.6) is 0 Å². The van der Waals surface area contributed by atoms with E-state index in [2.05, 4.69) is 36.1 Å². The van der Waals surface area contributed by atoms with Crippen LogP contribution < -0.4 is 0 Å². The van der Waals surface area contributed by atoms with Crippen molar-refractivity contribution in [1.82, 2.24) is 19.2 Å². The highest BCUT2D eigenvalue weighted by Gasteiger charge is 2.19. The summed E-state index contributed by atoms with van der Waals surface area (Å²) in [5.41, 5.74) is 2.66. The quantitative estimate of drug-likeness (QED) is 0.327. The van der Waals surface area contributed by atoms with E-state index in [1.807, 2.05) is 0 Å². The molecule has 2 aromatic heterocycles. The van der Waals surface area contributed by atoms with Crippen molar-refractivity contribution in [2.45, 2.75) is 103 Å². The molecule has 25 heavy (non-hydrogen) atoms. The first-order valence-corrected chi connectivity index (χ1v) is 11.5. The molecular weight excluding hydrogens is 328 g/mol. The molecule has 4 nitrogen and oxygen atoms in total. The lowest BCUT2D eigenvalue weighted by Gasteiger charge is -2.05. The Morgan fingerprint density at radius 2 is 1.48 bits per heavy atom. The number of rotatable bonds is 13. The summed E-state index contributed by atoms with van der Waals surface area (Å²) in [5, 5.41) is 6.02. The summed E-state index contributed by atoms with van der Waals surface area (Å²) in [6.45, 7) is 7.82. The number of thioether (sulfide) groups is 1. The van der Waals surface area contributed by atoms with Crippen LogP contribution in [-0.2, 0) is 19.4 Å². The molecule has 0 bridgehead atoms. The van der Waals surface area contributed by atoms with Crippen molar-refractivity contribution in [1.29, 1.82) is 0 Å². The fraction of sp³-hybridized carbons (Fsp3) is 0.800. The predicted octanol–water partition coefficient (Wildman–Crippen LogP) is 5.91. The molecule has 0 N–H and O–H groups in total. The van der Waals surface area contributed by atoms with Crippen LogP contribution >= 0.6 is 11.8 Å². The third kappa shape index (κ3) is 5.25. The summed E-state index contributed by atoms with van der Waals surface area (Å²) < 4.78 is 4.50. The van der Waals surface area contributed by atoms with Gasteiger partial charge < -0.3 is 0 Å². The summed E-state index contributed by atoms with van der Waals surface area (Å²) in [7, 11) is 0. The number of aryl methyl sites for hydroxylation is 3. The third-order valence-electron chi connectivity index (χ3n) is 4.87. The molecule has 0 radical (unpaired) electrons. The van der Waals surface area contributed by atoms with Gasteiger partial charge in [-0.3, -0.25) is 4.57 Å². The Morgan fingerprint density at radius 1 is 0.840 bits per heavy atom. The summed E-state index contributed by atoms with van der Waals surface area (Å²) in [6.07, 6.45) is 15.6. The first-order valence-electron chi connectivity index (χ1n) is 10.3. The lowest BCUT2D eigenvalue weighted by atomic mass is 10.1. The Hall–Kier alpha value is -0.970. The van der Waals surface area contributed by atoms with Gasteiger partial charge in [0.05, 0.1) is 11.4 Å².